The van der Waals surface area contributed by atoms with Gasteiger partial charge in [-0.3, -0.25) is 0 Å². The van der Waals surface area contributed by atoms with Crippen LogP contribution in [-0.4, -0.2) is 23.5 Å². The van der Waals surface area contributed by atoms with Gasteiger partial charge in [-0.25, -0.2) is 0 Å². The average Bonchev–Trinajstić information content (AvgIpc) is 1.88. The molecule has 0 radical (unpaired) electrons. The van der Waals surface area contributed by atoms with E-state index < -0.39 is 28.4 Å². The van der Waals surface area contributed by atoms with Crippen molar-refractivity contribution in [2.75, 3.05) is 14.2 Å². The Bertz CT molecular complexity index is 77.9. The molecule has 4 nitrogen and oxygen atoms in total. The molecule has 0 rings (SSSR count). The van der Waals surface area contributed by atoms with Crippen molar-refractivity contribution in [3.63, 3.8) is 0 Å². The van der Waals surface area contributed by atoms with Crippen molar-refractivity contribution < 1.29 is 34.6 Å². The number of hydrogen-bond donors (Lipinski definition) is 0. The van der Waals surface area contributed by atoms with Gasteiger partial charge in [0.05, 0.1) is 0 Å². The van der Waals surface area contributed by atoms with E-state index in [1.54, 1.807) is 14.2 Å². The first-order valence-electron chi connectivity index (χ1n) is 2.27. The Kier molecular flexibility index (Phi) is 15.2. The van der Waals surface area contributed by atoms with Gasteiger partial charge in [0.2, 0.25) is 0 Å². The normalized spacial score (nSPS) is 7.56. The van der Waals surface area contributed by atoms with Crippen molar-refractivity contribution >= 4 is 9.28 Å². The van der Waals surface area contributed by atoms with Crippen LogP contribution in [0.3, 0.4) is 0 Å². The Hall–Kier alpha value is 0.451. The van der Waals surface area contributed by atoms with Crippen LogP contribution < -0.4 is 0 Å². The van der Waals surface area contributed by atoms with Crippen LogP contribution in [0.2, 0.25) is 6.55 Å². The van der Waals surface area contributed by atoms with Gasteiger partial charge in [0.1, 0.15) is 0 Å². The van der Waals surface area contributed by atoms with Gasteiger partial charge in [-0.1, -0.05) is 0 Å². The SMILES string of the molecule is CO[SiH](C)OC.[O]=[Ti]=[O]. The van der Waals surface area contributed by atoms with Crippen LogP contribution in [0, 0.1) is 0 Å². The first-order chi connectivity index (χ1) is 4.22. The van der Waals surface area contributed by atoms with E-state index in [-0.39, 0.29) is 0 Å². The molecule has 0 aromatic carbocycles. The van der Waals surface area contributed by atoms with Crippen molar-refractivity contribution in [2.24, 2.45) is 0 Å². The predicted molar refractivity (Wildman–Crippen MR) is 28.4 cm³/mol. The van der Waals surface area contributed by atoms with Gasteiger partial charge < -0.3 is 8.85 Å². The van der Waals surface area contributed by atoms with Gasteiger partial charge in [-0.15, -0.1) is 0 Å². The monoisotopic (exact) mass is 186 g/mol. The van der Waals surface area contributed by atoms with Crippen LogP contribution in [0.5, 0.6) is 0 Å². The summed E-state index contributed by atoms with van der Waals surface area (Å²) in [5, 5.41) is 0. The molecular weight excluding hydrogens is 176 g/mol. The summed E-state index contributed by atoms with van der Waals surface area (Å²) >= 11 is -2.00. The van der Waals surface area contributed by atoms with E-state index in [1.807, 2.05) is 6.55 Å². The van der Waals surface area contributed by atoms with Crippen molar-refractivity contribution in [2.45, 2.75) is 6.55 Å². The van der Waals surface area contributed by atoms with Crippen LogP contribution in [-0.2, 0) is 34.6 Å². The zero-order valence-electron chi connectivity index (χ0n) is 5.71. The molecular formula is C3H10O4SiTi. The maximum absolute atomic E-state index is 8.50. The topological polar surface area (TPSA) is 52.6 Å². The summed E-state index contributed by atoms with van der Waals surface area (Å²) < 4.78 is 26.6. The summed E-state index contributed by atoms with van der Waals surface area (Å²) in [6.07, 6.45) is 0. The van der Waals surface area contributed by atoms with Crippen molar-refractivity contribution in [3.05, 3.63) is 0 Å². The summed E-state index contributed by atoms with van der Waals surface area (Å²) in [5.41, 5.74) is 0. The molecule has 0 aliphatic carbocycles. The molecule has 9 heavy (non-hydrogen) atoms. The van der Waals surface area contributed by atoms with E-state index in [0.29, 0.717) is 0 Å². The zero-order valence-corrected chi connectivity index (χ0v) is 8.43. The molecule has 0 N–H and O–H groups in total. The summed E-state index contributed by atoms with van der Waals surface area (Å²) in [5.74, 6) is 0. The third-order valence-electron chi connectivity index (χ3n) is 0.664. The fourth-order valence-corrected chi connectivity index (χ4v) is 0.289. The Morgan fingerprint density at radius 3 is 1.44 bits per heavy atom. The summed E-state index contributed by atoms with van der Waals surface area (Å²) in [7, 11) is 2.17. The van der Waals surface area contributed by atoms with Crippen LogP contribution in [0.25, 0.3) is 0 Å². The Labute approximate surface area is 65.0 Å². The minimum atomic E-state index is -2.00. The van der Waals surface area contributed by atoms with Crippen LogP contribution in [0.4, 0.5) is 0 Å². The van der Waals surface area contributed by atoms with E-state index >= 15 is 0 Å². The van der Waals surface area contributed by atoms with Gasteiger partial charge in [0.25, 0.3) is 0 Å². The van der Waals surface area contributed by atoms with Gasteiger partial charge in [-0.2, -0.15) is 0 Å². The number of rotatable bonds is 2. The van der Waals surface area contributed by atoms with Gasteiger partial charge in [0, 0.05) is 14.2 Å². The van der Waals surface area contributed by atoms with Crippen molar-refractivity contribution in [1.29, 1.82) is 0 Å². The molecule has 0 aromatic heterocycles. The Morgan fingerprint density at radius 2 is 1.44 bits per heavy atom. The first-order valence-corrected chi connectivity index (χ1v) is 5.65. The molecule has 0 atom stereocenters. The molecule has 0 amide bonds. The van der Waals surface area contributed by atoms with E-state index in [0.717, 1.165) is 0 Å². The summed E-state index contributed by atoms with van der Waals surface area (Å²) in [4.78, 5) is 0. The van der Waals surface area contributed by atoms with Crippen LogP contribution in [0.1, 0.15) is 0 Å². The molecule has 0 aliphatic rings. The molecule has 0 aliphatic heterocycles. The fraction of sp³-hybridized carbons (Fsp3) is 1.00. The Balaban J connectivity index is 0. The molecule has 0 spiro atoms. The zero-order chi connectivity index (χ0) is 7.70. The Morgan fingerprint density at radius 1 is 1.22 bits per heavy atom. The summed E-state index contributed by atoms with van der Waals surface area (Å²) in [6, 6.07) is 0. The van der Waals surface area contributed by atoms with Crippen molar-refractivity contribution in [1.82, 2.24) is 0 Å². The van der Waals surface area contributed by atoms with E-state index in [9.17, 15) is 0 Å². The van der Waals surface area contributed by atoms with Crippen LogP contribution in [0.15, 0.2) is 0 Å². The molecule has 0 saturated heterocycles. The predicted octanol–water partition coefficient (Wildman–Crippen LogP) is -0.111. The summed E-state index contributed by atoms with van der Waals surface area (Å²) in [6.45, 7) is 1.97. The second-order valence-corrected chi connectivity index (χ2v) is 3.46. The van der Waals surface area contributed by atoms with Gasteiger partial charge >= 0.3 is 35.0 Å². The maximum atomic E-state index is 8.50. The van der Waals surface area contributed by atoms with E-state index in [2.05, 4.69) is 0 Å². The van der Waals surface area contributed by atoms with Crippen LogP contribution >= 0.6 is 0 Å². The van der Waals surface area contributed by atoms with E-state index in [4.69, 9.17) is 15.5 Å². The molecule has 0 heterocycles. The van der Waals surface area contributed by atoms with E-state index in [1.165, 1.54) is 0 Å². The molecule has 0 fully saturated rings. The second-order valence-electron chi connectivity index (χ2n) is 1.12. The molecule has 0 saturated carbocycles. The minimum absolute atomic E-state index is 1.16. The molecule has 54 valence electrons. The number of hydrogen-bond acceptors (Lipinski definition) is 4. The fourth-order valence-electron chi connectivity index (χ4n) is 0.0962. The second kappa shape index (κ2) is 11.3. The molecule has 6 heteroatoms. The first kappa shape index (κ1) is 12.2. The molecule has 0 bridgehead atoms. The molecule has 0 unspecified atom stereocenters. The average molecular weight is 186 g/mol. The van der Waals surface area contributed by atoms with Gasteiger partial charge in [0.15, 0.2) is 0 Å². The third-order valence-corrected chi connectivity index (χ3v) is 1.99. The standard InChI is InChI=1S/C3H10O2Si.2O.Ti/c1-4-6(3)5-2;;;/h6H,1-3H3;;;. The quantitative estimate of drug-likeness (QED) is 0.564. The third kappa shape index (κ3) is 17.8. The molecule has 0 aromatic rings. The van der Waals surface area contributed by atoms with Gasteiger partial charge in [-0.05, 0) is 6.55 Å². The van der Waals surface area contributed by atoms with Crippen molar-refractivity contribution in [3.8, 4) is 0 Å².